The molecule has 5 N–H and O–H groups in total. The molecule has 0 unspecified atom stereocenters. The van der Waals surface area contributed by atoms with Gasteiger partial charge in [0.25, 0.3) is 0 Å². The number of hydrogen-bond donors (Lipinski definition) is 5. The van der Waals surface area contributed by atoms with Gasteiger partial charge in [0, 0.05) is 0 Å². The number of rotatable bonds is 22. The molecule has 0 amide bonds. The highest BCUT2D eigenvalue weighted by atomic mass is 32.1. The first-order valence-electron chi connectivity index (χ1n) is 23.0. The molecule has 12 nitrogen and oxygen atoms in total. The van der Waals surface area contributed by atoms with Crippen molar-refractivity contribution in [3.8, 4) is 0 Å². The number of ether oxygens (including phenoxy) is 7. The summed E-state index contributed by atoms with van der Waals surface area (Å²) in [6, 6.07) is 57.1. The lowest BCUT2D eigenvalue weighted by atomic mass is 9.95. The average molecular weight is 941 g/mol. The van der Waals surface area contributed by atoms with E-state index in [2.05, 4.69) is 10.6 Å². The molecule has 8 rings (SSSR count). The molecule has 2 fully saturated rings. The summed E-state index contributed by atoms with van der Waals surface area (Å²) in [6.07, 6.45) is -8.31. The normalized spacial score (nSPS) is 25.7. The van der Waals surface area contributed by atoms with E-state index in [9.17, 15) is 15.3 Å². The van der Waals surface area contributed by atoms with E-state index < -0.39 is 60.6 Å². The molecule has 1 aliphatic heterocycles. The van der Waals surface area contributed by atoms with E-state index in [-0.39, 0.29) is 51.4 Å². The summed E-state index contributed by atoms with van der Waals surface area (Å²) in [7, 11) is 0. The van der Waals surface area contributed by atoms with Crippen LogP contribution in [0, 0.1) is 0 Å². The first-order chi connectivity index (χ1) is 33.3. The summed E-state index contributed by atoms with van der Waals surface area (Å²) >= 11 is 6.03. The van der Waals surface area contributed by atoms with Crippen molar-refractivity contribution in [1.82, 2.24) is 10.6 Å². The predicted octanol–water partition coefficient (Wildman–Crippen LogP) is 6.79. The Morgan fingerprint density at radius 2 is 0.853 bits per heavy atom. The minimum absolute atomic E-state index is 0.000767. The number of aliphatic hydroxyl groups is 3. The van der Waals surface area contributed by atoms with E-state index in [1.54, 1.807) is 0 Å². The Labute approximate surface area is 403 Å². The van der Waals surface area contributed by atoms with Crippen LogP contribution in [0.25, 0.3) is 0 Å². The zero-order valence-electron chi connectivity index (χ0n) is 37.8. The van der Waals surface area contributed by atoms with Gasteiger partial charge in [-0.25, -0.2) is 0 Å². The summed E-state index contributed by atoms with van der Waals surface area (Å²) < 4.78 is 46.2. The standard InChI is InChI=1S/C55H60N2O10S/c58-46-47(59)52(66-36-44-29-17-6-18-30-44)55(60,38-62-32-40-21-9-2-10-22-40)51(46)56-54(68)57-53-50(65-35-43-27-15-5-16-28-43)49(64-34-42-25-13-4-14-26-42)48(63-33-41-23-11-3-12-24-41)45(67-53)37-61-31-39-19-7-1-8-20-39/h1-30,45-53,58-60H,31-38H2,(H2,56,57,68)/t45-,46-,47-,48-,49+,50-,51-,52-,53+,55+/m1/s1. The van der Waals surface area contributed by atoms with Gasteiger partial charge in [0.05, 0.1) is 58.9 Å². The monoisotopic (exact) mass is 940 g/mol. The topological polar surface area (TPSA) is 149 Å². The Morgan fingerprint density at radius 3 is 1.31 bits per heavy atom. The van der Waals surface area contributed by atoms with Crippen LogP contribution in [-0.4, -0.2) is 94.2 Å². The lowest BCUT2D eigenvalue weighted by Crippen LogP contribution is -2.67. The molecule has 356 valence electrons. The van der Waals surface area contributed by atoms with Gasteiger partial charge in [0.2, 0.25) is 0 Å². The predicted molar refractivity (Wildman–Crippen MR) is 261 cm³/mol. The second-order valence-electron chi connectivity index (χ2n) is 17.1. The largest absolute Gasteiger partial charge is 0.388 e. The van der Waals surface area contributed by atoms with Crippen LogP contribution in [0.5, 0.6) is 0 Å². The Kier molecular flexibility index (Phi) is 17.9. The van der Waals surface area contributed by atoms with Crippen molar-refractivity contribution in [2.45, 2.75) is 100 Å². The molecule has 0 spiro atoms. The first kappa shape index (κ1) is 49.0. The van der Waals surface area contributed by atoms with Crippen LogP contribution in [0.2, 0.25) is 0 Å². The van der Waals surface area contributed by atoms with Crippen LogP contribution in [0.15, 0.2) is 182 Å². The number of thiocarbonyl (C=S) groups is 1. The summed E-state index contributed by atoms with van der Waals surface area (Å²) in [5.74, 6) is 0. The fourth-order valence-corrected chi connectivity index (χ4v) is 8.90. The molecule has 6 aromatic rings. The highest BCUT2D eigenvalue weighted by Gasteiger charge is 2.61. The van der Waals surface area contributed by atoms with Crippen molar-refractivity contribution in [2.75, 3.05) is 13.2 Å². The van der Waals surface area contributed by atoms with Crippen LogP contribution in [0.1, 0.15) is 33.4 Å². The highest BCUT2D eigenvalue weighted by molar-refractivity contribution is 7.80. The molecule has 0 radical (unpaired) electrons. The Hall–Kier alpha value is -5.39. The molecule has 1 heterocycles. The molecule has 6 aromatic carbocycles. The van der Waals surface area contributed by atoms with Crippen molar-refractivity contribution >= 4 is 17.3 Å². The van der Waals surface area contributed by atoms with Crippen molar-refractivity contribution in [3.05, 3.63) is 215 Å². The summed E-state index contributed by atoms with van der Waals surface area (Å²) in [5, 5.41) is 42.4. The third-order valence-corrected chi connectivity index (χ3v) is 12.4. The van der Waals surface area contributed by atoms with E-state index >= 15 is 0 Å². The van der Waals surface area contributed by atoms with Gasteiger partial charge in [-0.3, -0.25) is 0 Å². The first-order valence-corrected chi connectivity index (χ1v) is 23.4. The molecular formula is C55H60N2O10S. The Balaban J connectivity index is 1.08. The lowest BCUT2D eigenvalue weighted by molar-refractivity contribution is -0.275. The maximum atomic E-state index is 12.6. The van der Waals surface area contributed by atoms with Gasteiger partial charge in [0.1, 0.15) is 48.3 Å². The average Bonchev–Trinajstić information content (AvgIpc) is 3.55. The number of hydrogen-bond acceptors (Lipinski definition) is 11. The molecule has 1 saturated carbocycles. The van der Waals surface area contributed by atoms with Crippen LogP contribution in [0.3, 0.4) is 0 Å². The molecule has 13 heteroatoms. The zero-order chi connectivity index (χ0) is 47.0. The van der Waals surface area contributed by atoms with Gasteiger partial charge in [-0.05, 0) is 45.6 Å². The SMILES string of the molecule is O[C@@H]1[C@@H](O)[C@@H](OCc2ccccc2)[C@](O)(COCc2ccccc2)[C@@H]1NC(=S)N[C@H]1O[C@H](COCc2ccccc2)[C@@H](OCc2ccccc2)[C@H](OCc2ccccc2)[C@H]1OCc1ccccc1. The molecule has 2 aliphatic rings. The second kappa shape index (κ2) is 24.8. The molecule has 1 saturated heterocycles. The Bertz CT molecular complexity index is 2380. The number of nitrogens with one attached hydrogen (secondary N) is 2. The Morgan fingerprint density at radius 1 is 0.471 bits per heavy atom. The highest BCUT2D eigenvalue weighted by Crippen LogP contribution is 2.36. The summed E-state index contributed by atoms with van der Waals surface area (Å²) in [6.45, 7) is 1.07. The van der Waals surface area contributed by atoms with E-state index in [0.29, 0.717) is 6.61 Å². The molecule has 10 atom stereocenters. The molecular weight excluding hydrogens is 881 g/mol. The van der Waals surface area contributed by atoms with Gasteiger partial charge in [-0.1, -0.05) is 182 Å². The smallest absolute Gasteiger partial charge is 0.168 e. The minimum Gasteiger partial charge on any atom is -0.388 e. The van der Waals surface area contributed by atoms with Crippen LogP contribution in [-0.2, 0) is 72.8 Å². The third-order valence-electron chi connectivity index (χ3n) is 12.2. The van der Waals surface area contributed by atoms with Gasteiger partial charge in [0.15, 0.2) is 11.3 Å². The summed E-state index contributed by atoms with van der Waals surface area (Å²) in [4.78, 5) is 0. The van der Waals surface area contributed by atoms with Gasteiger partial charge < -0.3 is 59.1 Å². The third kappa shape index (κ3) is 13.2. The van der Waals surface area contributed by atoms with E-state index in [0.717, 1.165) is 33.4 Å². The van der Waals surface area contributed by atoms with Crippen molar-refractivity contribution in [3.63, 3.8) is 0 Å². The van der Waals surface area contributed by atoms with Gasteiger partial charge >= 0.3 is 0 Å². The van der Waals surface area contributed by atoms with E-state index in [4.69, 9.17) is 45.4 Å². The zero-order valence-corrected chi connectivity index (χ0v) is 38.6. The van der Waals surface area contributed by atoms with Crippen molar-refractivity contribution < 1.29 is 48.5 Å². The molecule has 1 aliphatic carbocycles. The fourth-order valence-electron chi connectivity index (χ4n) is 8.65. The molecule has 0 aromatic heterocycles. The fraction of sp³-hybridized carbons (Fsp3) is 0.327. The van der Waals surface area contributed by atoms with Crippen LogP contribution >= 0.6 is 12.2 Å². The lowest BCUT2D eigenvalue weighted by Gasteiger charge is -2.46. The maximum Gasteiger partial charge on any atom is 0.168 e. The van der Waals surface area contributed by atoms with Crippen LogP contribution in [0.4, 0.5) is 0 Å². The molecule has 68 heavy (non-hydrogen) atoms. The van der Waals surface area contributed by atoms with Crippen molar-refractivity contribution in [2.24, 2.45) is 0 Å². The summed E-state index contributed by atoms with van der Waals surface area (Å²) in [5.41, 5.74) is 3.57. The number of benzene rings is 6. The maximum absolute atomic E-state index is 12.6. The van der Waals surface area contributed by atoms with E-state index in [1.165, 1.54) is 0 Å². The van der Waals surface area contributed by atoms with Crippen LogP contribution < -0.4 is 10.6 Å². The van der Waals surface area contributed by atoms with Gasteiger partial charge in [-0.15, -0.1) is 0 Å². The van der Waals surface area contributed by atoms with E-state index in [1.807, 2.05) is 182 Å². The quantitative estimate of drug-likeness (QED) is 0.0456. The minimum atomic E-state index is -1.98. The van der Waals surface area contributed by atoms with Crippen molar-refractivity contribution in [1.29, 1.82) is 0 Å². The van der Waals surface area contributed by atoms with Gasteiger partial charge in [-0.2, -0.15) is 0 Å². The second-order valence-corrected chi connectivity index (χ2v) is 17.6. The number of aliphatic hydroxyl groups excluding tert-OH is 2. The molecule has 0 bridgehead atoms.